The molecule has 2 heterocycles. The predicted molar refractivity (Wildman–Crippen MR) is 123 cm³/mol. The highest BCUT2D eigenvalue weighted by molar-refractivity contribution is 9.10. The maximum absolute atomic E-state index is 12.5. The Morgan fingerprint density at radius 1 is 0.562 bits per heavy atom. The second-order valence-electron chi connectivity index (χ2n) is 8.07. The minimum absolute atomic E-state index is 0.317. The minimum atomic E-state index is -0.687. The second kappa shape index (κ2) is 5.52. The molecule has 0 bridgehead atoms. The number of fused-ring (bicyclic) bond motifs is 2. The number of cyclic esters (lactones) is 4. The van der Waals surface area contributed by atoms with Crippen LogP contribution in [0.3, 0.4) is 0 Å². The Kier molecular flexibility index (Phi) is 3.08. The van der Waals surface area contributed by atoms with Crippen LogP contribution in [0.1, 0.15) is 41.4 Å². The van der Waals surface area contributed by atoms with Gasteiger partial charge in [0.05, 0.1) is 22.3 Å². The first-order valence-electron chi connectivity index (χ1n) is 9.80. The van der Waals surface area contributed by atoms with E-state index in [4.69, 9.17) is 9.47 Å². The van der Waals surface area contributed by atoms with Gasteiger partial charge in [0.1, 0.15) is 7.85 Å². The molecule has 2 aliphatic heterocycles. The van der Waals surface area contributed by atoms with Gasteiger partial charge in [0.25, 0.3) is 0 Å². The Labute approximate surface area is 187 Å². The molecule has 2 aliphatic rings. The molecule has 0 atom stereocenters. The van der Waals surface area contributed by atoms with Gasteiger partial charge >= 0.3 is 23.9 Å². The molecule has 0 saturated carbocycles. The molecular weight excluding hydrogens is 475 g/mol. The zero-order valence-corrected chi connectivity index (χ0v) is 17.9. The van der Waals surface area contributed by atoms with Gasteiger partial charge in [-0.3, -0.25) is 0 Å². The van der Waals surface area contributed by atoms with Crippen LogP contribution in [0.15, 0.2) is 40.9 Å². The van der Waals surface area contributed by atoms with Gasteiger partial charge in [0.15, 0.2) is 0 Å². The molecule has 0 amide bonds. The standard InChI is InChI=1S/C24H8BBrO6/c25-13-5-11-15-9(21(27)31-23(11)29)4-2-8-18-14(26)6-12-16-10(22(28)32-24(12)30)3-1-7(20(16)18)17(13)19(8)15/h1-6H,25H2. The van der Waals surface area contributed by atoms with Gasteiger partial charge in [-0.25, -0.2) is 19.2 Å². The van der Waals surface area contributed by atoms with E-state index in [1.807, 2.05) is 20.0 Å². The largest absolute Gasteiger partial charge is 0.386 e. The minimum Gasteiger partial charge on any atom is -0.386 e. The SMILES string of the molecule is Bc1cc2c3c(ccc4c5c(Br)cc6c7c(ccc(c1c34)c75)C(=O)OC6=O)C(=O)OC2=O. The molecule has 0 unspecified atom stereocenters. The highest BCUT2D eigenvalue weighted by atomic mass is 79.9. The molecule has 7 rings (SSSR count). The van der Waals surface area contributed by atoms with Crippen molar-refractivity contribution in [3.05, 3.63) is 63.1 Å². The van der Waals surface area contributed by atoms with Crippen molar-refractivity contribution < 1.29 is 28.7 Å². The number of carbonyl (C=O) groups excluding carboxylic acids is 4. The predicted octanol–water partition coefficient (Wildman–Crippen LogP) is 3.38. The number of rotatable bonds is 0. The highest BCUT2D eigenvalue weighted by Crippen LogP contribution is 2.47. The third kappa shape index (κ3) is 1.88. The normalized spacial score (nSPS) is 15.3. The number of carbonyl (C=O) groups is 4. The van der Waals surface area contributed by atoms with E-state index in [-0.39, 0.29) is 0 Å². The number of esters is 4. The van der Waals surface area contributed by atoms with Crippen molar-refractivity contribution in [3.8, 4) is 0 Å². The van der Waals surface area contributed by atoms with Gasteiger partial charge in [0, 0.05) is 26.0 Å². The lowest BCUT2D eigenvalue weighted by molar-refractivity contribution is 0.0373. The van der Waals surface area contributed by atoms with Crippen LogP contribution in [0.4, 0.5) is 0 Å². The summed E-state index contributed by atoms with van der Waals surface area (Å²) in [6.45, 7) is 0. The second-order valence-corrected chi connectivity index (χ2v) is 8.93. The first kappa shape index (κ1) is 17.9. The molecule has 6 nitrogen and oxygen atoms in total. The lowest BCUT2D eigenvalue weighted by Gasteiger charge is -2.24. The quantitative estimate of drug-likeness (QED) is 0.110. The van der Waals surface area contributed by atoms with Gasteiger partial charge in [0.2, 0.25) is 0 Å². The van der Waals surface area contributed by atoms with Crippen molar-refractivity contribution in [2.45, 2.75) is 0 Å². The molecule has 0 saturated heterocycles. The van der Waals surface area contributed by atoms with E-state index in [2.05, 4.69) is 15.9 Å². The zero-order valence-electron chi connectivity index (χ0n) is 16.3. The van der Waals surface area contributed by atoms with Crippen LogP contribution in [0.5, 0.6) is 0 Å². The van der Waals surface area contributed by atoms with Gasteiger partial charge in [-0.05, 0) is 39.7 Å². The fourth-order valence-electron chi connectivity index (χ4n) is 5.31. The fraction of sp³-hybridized carbons (Fsp3) is 0. The Bertz CT molecular complexity index is 1690. The van der Waals surface area contributed by atoms with E-state index < -0.39 is 23.9 Å². The van der Waals surface area contributed by atoms with Gasteiger partial charge in [-0.2, -0.15) is 0 Å². The van der Waals surface area contributed by atoms with E-state index in [9.17, 15) is 19.2 Å². The number of halogens is 1. The van der Waals surface area contributed by atoms with Gasteiger partial charge in [-0.1, -0.05) is 39.6 Å². The van der Waals surface area contributed by atoms with Crippen LogP contribution >= 0.6 is 15.9 Å². The van der Waals surface area contributed by atoms with Crippen molar-refractivity contribution in [2.75, 3.05) is 0 Å². The lowest BCUT2D eigenvalue weighted by Crippen LogP contribution is -2.23. The molecule has 150 valence electrons. The topological polar surface area (TPSA) is 86.7 Å². The zero-order chi connectivity index (χ0) is 22.0. The van der Waals surface area contributed by atoms with E-state index in [1.54, 1.807) is 24.3 Å². The summed E-state index contributed by atoms with van der Waals surface area (Å²) in [5, 5.41) is 5.94. The van der Waals surface area contributed by atoms with E-state index in [0.29, 0.717) is 37.5 Å². The molecule has 0 aromatic heterocycles. The maximum Gasteiger partial charge on any atom is 0.346 e. The van der Waals surface area contributed by atoms with Gasteiger partial charge in [-0.15, -0.1) is 0 Å². The first-order chi connectivity index (χ1) is 15.4. The number of hydrogen-bond donors (Lipinski definition) is 0. The average molecular weight is 483 g/mol. The van der Waals surface area contributed by atoms with Gasteiger partial charge < -0.3 is 9.47 Å². The molecular formula is C24H8BBrO6. The third-order valence-corrected chi connectivity index (χ3v) is 7.13. The van der Waals surface area contributed by atoms with Crippen molar-refractivity contribution in [1.82, 2.24) is 0 Å². The molecule has 0 N–H and O–H groups in total. The third-order valence-electron chi connectivity index (χ3n) is 6.50. The summed E-state index contributed by atoms with van der Waals surface area (Å²) < 4.78 is 10.5. The van der Waals surface area contributed by atoms with Crippen molar-refractivity contribution in [2.24, 2.45) is 0 Å². The first-order valence-corrected chi connectivity index (χ1v) is 10.6. The monoisotopic (exact) mass is 482 g/mol. The smallest absolute Gasteiger partial charge is 0.346 e. The number of benzene rings is 5. The molecule has 5 aromatic carbocycles. The maximum atomic E-state index is 12.5. The Morgan fingerprint density at radius 2 is 1.03 bits per heavy atom. The summed E-state index contributed by atoms with van der Waals surface area (Å²) in [7, 11) is 1.89. The van der Waals surface area contributed by atoms with E-state index in [0.717, 1.165) is 37.8 Å². The average Bonchev–Trinajstić information content (AvgIpc) is 2.76. The van der Waals surface area contributed by atoms with Crippen LogP contribution in [-0.4, -0.2) is 31.7 Å². The van der Waals surface area contributed by atoms with Crippen LogP contribution in [0, 0.1) is 0 Å². The van der Waals surface area contributed by atoms with Crippen molar-refractivity contribution >= 4 is 96.2 Å². The summed E-state index contributed by atoms with van der Waals surface area (Å²) in [5.74, 6) is -2.71. The molecule has 0 spiro atoms. The van der Waals surface area contributed by atoms with E-state index >= 15 is 0 Å². The fourth-order valence-corrected chi connectivity index (χ4v) is 5.95. The summed E-state index contributed by atoms with van der Waals surface area (Å²) in [5.41, 5.74) is 2.16. The lowest BCUT2D eigenvalue weighted by atomic mass is 9.78. The summed E-state index contributed by atoms with van der Waals surface area (Å²) in [4.78, 5) is 50.0. The molecule has 5 aromatic rings. The Balaban J connectivity index is 1.88. The van der Waals surface area contributed by atoms with Crippen molar-refractivity contribution in [3.63, 3.8) is 0 Å². The van der Waals surface area contributed by atoms with Crippen LogP contribution < -0.4 is 5.46 Å². The number of ether oxygens (including phenoxy) is 2. The summed E-state index contributed by atoms with van der Waals surface area (Å²) in [6.07, 6.45) is 0. The van der Waals surface area contributed by atoms with Crippen LogP contribution in [0.2, 0.25) is 0 Å². The molecule has 32 heavy (non-hydrogen) atoms. The highest BCUT2D eigenvalue weighted by Gasteiger charge is 2.33. The molecule has 8 heteroatoms. The Hall–Kier alpha value is -3.78. The summed E-state index contributed by atoms with van der Waals surface area (Å²) in [6, 6.07) is 10.4. The van der Waals surface area contributed by atoms with Crippen LogP contribution in [-0.2, 0) is 9.47 Å². The molecule has 0 aliphatic carbocycles. The number of hydrogen-bond acceptors (Lipinski definition) is 6. The summed E-state index contributed by atoms with van der Waals surface area (Å²) >= 11 is 3.60. The Morgan fingerprint density at radius 3 is 1.62 bits per heavy atom. The van der Waals surface area contributed by atoms with E-state index in [1.165, 1.54) is 0 Å². The van der Waals surface area contributed by atoms with Crippen LogP contribution in [0.25, 0.3) is 43.1 Å². The molecule has 0 fully saturated rings. The molecule has 0 radical (unpaired) electrons. The van der Waals surface area contributed by atoms with Crippen molar-refractivity contribution in [1.29, 1.82) is 0 Å².